The second-order valence-electron chi connectivity index (χ2n) is 5.02. The van der Waals surface area contributed by atoms with Crippen LogP contribution in [0, 0.1) is 0 Å². The summed E-state index contributed by atoms with van der Waals surface area (Å²) >= 11 is 5.90. The Labute approximate surface area is 107 Å². The first-order chi connectivity index (χ1) is 7.93. The first-order valence-electron chi connectivity index (χ1n) is 5.76. The zero-order valence-corrected chi connectivity index (χ0v) is 10.9. The standard InChI is InChI=1S/C13H17ClN2O/c1-13(2)11(15)6-7-16(13)12(17)9-4-3-5-10(14)8-9/h3-5,8,11H,6-7,15H2,1-2H3. The summed E-state index contributed by atoms with van der Waals surface area (Å²) in [7, 11) is 0. The molecule has 1 aromatic carbocycles. The van der Waals surface area contributed by atoms with Gasteiger partial charge in [-0.15, -0.1) is 0 Å². The van der Waals surface area contributed by atoms with Crippen LogP contribution in [0.2, 0.25) is 5.02 Å². The van der Waals surface area contributed by atoms with Crippen LogP contribution < -0.4 is 5.73 Å². The van der Waals surface area contributed by atoms with Gasteiger partial charge in [-0.25, -0.2) is 0 Å². The van der Waals surface area contributed by atoms with Gasteiger partial charge in [0.25, 0.3) is 5.91 Å². The molecule has 4 heteroatoms. The molecule has 1 aliphatic heterocycles. The third-order valence-electron chi connectivity index (χ3n) is 3.58. The monoisotopic (exact) mass is 252 g/mol. The molecule has 92 valence electrons. The van der Waals surface area contributed by atoms with Crippen molar-refractivity contribution in [2.24, 2.45) is 5.73 Å². The summed E-state index contributed by atoms with van der Waals surface area (Å²) in [5.41, 5.74) is 6.36. The van der Waals surface area contributed by atoms with Crippen LogP contribution in [0.3, 0.4) is 0 Å². The lowest BCUT2D eigenvalue weighted by Crippen LogP contribution is -2.51. The minimum absolute atomic E-state index is 0.00505. The molecule has 1 aromatic rings. The lowest BCUT2D eigenvalue weighted by atomic mass is 9.96. The minimum Gasteiger partial charge on any atom is -0.332 e. The van der Waals surface area contributed by atoms with Crippen LogP contribution in [0.1, 0.15) is 30.6 Å². The third-order valence-corrected chi connectivity index (χ3v) is 3.82. The molecule has 1 atom stereocenters. The number of benzene rings is 1. The van der Waals surface area contributed by atoms with Crippen LogP contribution in [0.25, 0.3) is 0 Å². The van der Waals surface area contributed by atoms with E-state index in [0.29, 0.717) is 17.1 Å². The largest absolute Gasteiger partial charge is 0.332 e. The van der Waals surface area contributed by atoms with Crippen LogP contribution in [-0.4, -0.2) is 28.9 Å². The zero-order chi connectivity index (χ0) is 12.6. The van der Waals surface area contributed by atoms with E-state index in [4.69, 9.17) is 17.3 Å². The summed E-state index contributed by atoms with van der Waals surface area (Å²) in [5.74, 6) is 0.00505. The predicted molar refractivity (Wildman–Crippen MR) is 69.2 cm³/mol. The van der Waals surface area contributed by atoms with E-state index in [-0.39, 0.29) is 17.5 Å². The van der Waals surface area contributed by atoms with Gasteiger partial charge in [-0.3, -0.25) is 4.79 Å². The second kappa shape index (κ2) is 4.31. The van der Waals surface area contributed by atoms with Crippen LogP contribution in [-0.2, 0) is 0 Å². The average molecular weight is 253 g/mol. The van der Waals surface area contributed by atoms with Gasteiger partial charge in [0, 0.05) is 23.2 Å². The molecule has 3 nitrogen and oxygen atoms in total. The first-order valence-corrected chi connectivity index (χ1v) is 6.14. The highest BCUT2D eigenvalue weighted by Gasteiger charge is 2.41. The van der Waals surface area contributed by atoms with Crippen molar-refractivity contribution in [1.29, 1.82) is 0 Å². The topological polar surface area (TPSA) is 46.3 Å². The highest BCUT2D eigenvalue weighted by molar-refractivity contribution is 6.30. The number of halogens is 1. The zero-order valence-electron chi connectivity index (χ0n) is 10.1. The number of nitrogens with zero attached hydrogens (tertiary/aromatic N) is 1. The fourth-order valence-corrected chi connectivity index (χ4v) is 2.44. The van der Waals surface area contributed by atoms with Gasteiger partial charge in [-0.2, -0.15) is 0 Å². The number of amides is 1. The van der Waals surface area contributed by atoms with E-state index < -0.39 is 0 Å². The van der Waals surface area contributed by atoms with Gasteiger partial charge >= 0.3 is 0 Å². The quantitative estimate of drug-likeness (QED) is 0.834. The molecule has 1 amide bonds. The van der Waals surface area contributed by atoms with Crippen LogP contribution in [0.4, 0.5) is 0 Å². The van der Waals surface area contributed by atoms with E-state index in [2.05, 4.69) is 0 Å². The van der Waals surface area contributed by atoms with Crippen molar-refractivity contribution in [3.05, 3.63) is 34.9 Å². The van der Waals surface area contributed by atoms with E-state index in [1.807, 2.05) is 18.7 Å². The second-order valence-corrected chi connectivity index (χ2v) is 5.45. The lowest BCUT2D eigenvalue weighted by molar-refractivity contribution is 0.0637. The number of carbonyl (C=O) groups excluding carboxylic acids is 1. The fourth-order valence-electron chi connectivity index (χ4n) is 2.25. The Morgan fingerprint density at radius 2 is 2.24 bits per heavy atom. The molecule has 0 bridgehead atoms. The third kappa shape index (κ3) is 2.17. The van der Waals surface area contributed by atoms with Crippen molar-refractivity contribution in [2.75, 3.05) is 6.54 Å². The molecule has 1 aliphatic rings. The maximum Gasteiger partial charge on any atom is 0.254 e. The van der Waals surface area contributed by atoms with Crippen molar-refractivity contribution < 1.29 is 4.79 Å². The molecule has 0 aliphatic carbocycles. The SMILES string of the molecule is CC1(C)C(N)CCN1C(=O)c1cccc(Cl)c1. The first kappa shape index (κ1) is 12.4. The highest BCUT2D eigenvalue weighted by Crippen LogP contribution is 2.29. The van der Waals surface area contributed by atoms with Crippen LogP contribution >= 0.6 is 11.6 Å². The van der Waals surface area contributed by atoms with E-state index in [1.165, 1.54) is 0 Å². The Balaban J connectivity index is 2.27. The van der Waals surface area contributed by atoms with Gasteiger partial charge in [-0.1, -0.05) is 17.7 Å². The number of rotatable bonds is 1. The van der Waals surface area contributed by atoms with Crippen molar-refractivity contribution in [1.82, 2.24) is 4.90 Å². The maximum atomic E-state index is 12.4. The number of hydrogen-bond donors (Lipinski definition) is 1. The van der Waals surface area contributed by atoms with Gasteiger partial charge < -0.3 is 10.6 Å². The predicted octanol–water partition coefficient (Wildman–Crippen LogP) is 2.29. The van der Waals surface area contributed by atoms with Gasteiger partial charge in [0.05, 0.1) is 5.54 Å². The summed E-state index contributed by atoms with van der Waals surface area (Å²) in [4.78, 5) is 14.2. The highest BCUT2D eigenvalue weighted by atomic mass is 35.5. The summed E-state index contributed by atoms with van der Waals surface area (Å²) in [6.45, 7) is 4.72. The minimum atomic E-state index is -0.292. The molecule has 2 N–H and O–H groups in total. The van der Waals surface area contributed by atoms with E-state index in [9.17, 15) is 4.79 Å². The van der Waals surface area contributed by atoms with Crippen LogP contribution in [0.15, 0.2) is 24.3 Å². The molecule has 17 heavy (non-hydrogen) atoms. The molecule has 0 aromatic heterocycles. The van der Waals surface area contributed by atoms with E-state index in [1.54, 1.807) is 24.3 Å². The molecule has 1 unspecified atom stereocenters. The Bertz CT molecular complexity index is 445. The van der Waals surface area contributed by atoms with E-state index in [0.717, 1.165) is 6.42 Å². The fraction of sp³-hybridized carbons (Fsp3) is 0.462. The average Bonchev–Trinajstić information content (AvgIpc) is 2.53. The summed E-state index contributed by atoms with van der Waals surface area (Å²) < 4.78 is 0. The van der Waals surface area contributed by atoms with Gasteiger partial charge in [0.1, 0.15) is 0 Å². The molecule has 2 rings (SSSR count). The van der Waals surface area contributed by atoms with Crippen molar-refractivity contribution in [3.63, 3.8) is 0 Å². The molecule has 0 spiro atoms. The van der Waals surface area contributed by atoms with Gasteiger partial charge in [0.2, 0.25) is 0 Å². The maximum absolute atomic E-state index is 12.4. The summed E-state index contributed by atoms with van der Waals surface area (Å²) in [5, 5.41) is 0.581. The van der Waals surface area contributed by atoms with Crippen LogP contribution in [0.5, 0.6) is 0 Å². The van der Waals surface area contributed by atoms with Gasteiger partial charge in [0.15, 0.2) is 0 Å². The summed E-state index contributed by atoms with van der Waals surface area (Å²) in [6, 6.07) is 7.07. The number of hydrogen-bond acceptors (Lipinski definition) is 2. The van der Waals surface area contributed by atoms with Crippen molar-refractivity contribution in [3.8, 4) is 0 Å². The molecule has 0 radical (unpaired) electrons. The Hall–Kier alpha value is -1.06. The molecule has 1 fully saturated rings. The number of nitrogens with two attached hydrogens (primary N) is 1. The van der Waals surface area contributed by atoms with E-state index >= 15 is 0 Å². The Morgan fingerprint density at radius 3 is 2.76 bits per heavy atom. The summed E-state index contributed by atoms with van der Waals surface area (Å²) in [6.07, 6.45) is 0.847. The van der Waals surface area contributed by atoms with Crippen molar-refractivity contribution in [2.45, 2.75) is 31.8 Å². The number of likely N-dealkylation sites (tertiary alicyclic amines) is 1. The molecular weight excluding hydrogens is 236 g/mol. The lowest BCUT2D eigenvalue weighted by Gasteiger charge is -2.34. The molecule has 1 saturated heterocycles. The normalized spacial score (nSPS) is 22.8. The van der Waals surface area contributed by atoms with Crippen molar-refractivity contribution >= 4 is 17.5 Å². The molecule has 1 heterocycles. The Kier molecular flexibility index (Phi) is 3.15. The Morgan fingerprint density at radius 1 is 1.53 bits per heavy atom. The number of carbonyl (C=O) groups is 1. The molecule has 0 saturated carbocycles. The smallest absolute Gasteiger partial charge is 0.254 e. The van der Waals surface area contributed by atoms with Gasteiger partial charge in [-0.05, 0) is 38.5 Å². The molecular formula is C13H17ClN2O.